The van der Waals surface area contributed by atoms with Gasteiger partial charge in [-0.15, -0.1) is 11.8 Å². The van der Waals surface area contributed by atoms with Crippen molar-refractivity contribution in [1.82, 2.24) is 4.98 Å². The van der Waals surface area contributed by atoms with Gasteiger partial charge in [0.25, 0.3) is 0 Å². The second-order valence-electron chi connectivity index (χ2n) is 4.90. The van der Waals surface area contributed by atoms with Gasteiger partial charge >= 0.3 is 6.18 Å². The largest absolute Gasteiger partial charge is 0.417 e. The fourth-order valence-electron chi connectivity index (χ4n) is 1.89. The zero-order chi connectivity index (χ0) is 15.6. The quantitative estimate of drug-likeness (QED) is 0.266. The van der Waals surface area contributed by atoms with Crippen molar-refractivity contribution < 1.29 is 13.2 Å². The molecule has 1 heterocycles. The van der Waals surface area contributed by atoms with Gasteiger partial charge in [0, 0.05) is 11.5 Å². The van der Waals surface area contributed by atoms with Crippen LogP contribution in [0.1, 0.15) is 50.5 Å². The van der Waals surface area contributed by atoms with Gasteiger partial charge in [0.05, 0.1) is 10.6 Å². The minimum absolute atomic E-state index is 0.667. The highest BCUT2D eigenvalue weighted by molar-refractivity contribution is 9.09. The first-order valence-corrected chi connectivity index (χ1v) is 9.37. The molecule has 6 heteroatoms. The Balaban J connectivity index is 2.08. The Morgan fingerprint density at radius 3 is 2.10 bits per heavy atom. The molecule has 0 fully saturated rings. The molecule has 0 aliphatic heterocycles. The Morgan fingerprint density at radius 1 is 0.952 bits per heavy atom. The number of hydrogen-bond acceptors (Lipinski definition) is 2. The average molecular weight is 384 g/mol. The Morgan fingerprint density at radius 2 is 1.57 bits per heavy atom. The molecule has 1 aromatic heterocycles. The van der Waals surface area contributed by atoms with Crippen molar-refractivity contribution >= 4 is 27.7 Å². The highest BCUT2D eigenvalue weighted by Crippen LogP contribution is 2.29. The number of nitrogens with zero attached hydrogens (tertiary/aromatic N) is 1. The van der Waals surface area contributed by atoms with E-state index in [9.17, 15) is 13.2 Å². The van der Waals surface area contributed by atoms with E-state index in [0.717, 1.165) is 29.8 Å². The molecule has 0 atom stereocenters. The van der Waals surface area contributed by atoms with E-state index >= 15 is 0 Å². The Bertz CT molecular complexity index is 382. The van der Waals surface area contributed by atoms with Gasteiger partial charge in [-0.2, -0.15) is 13.2 Å². The zero-order valence-corrected chi connectivity index (χ0v) is 14.4. The number of rotatable bonds is 10. The van der Waals surface area contributed by atoms with Crippen LogP contribution in [0.15, 0.2) is 23.4 Å². The maximum absolute atomic E-state index is 12.4. The second-order valence-corrected chi connectivity index (χ2v) is 6.80. The molecule has 120 valence electrons. The third-order valence-corrected chi connectivity index (χ3v) is 4.68. The highest BCUT2D eigenvalue weighted by atomic mass is 79.9. The molecule has 21 heavy (non-hydrogen) atoms. The summed E-state index contributed by atoms with van der Waals surface area (Å²) in [6.45, 7) is 0. The lowest BCUT2D eigenvalue weighted by atomic mass is 10.1. The number of thioether (sulfide) groups is 1. The Hall–Kier alpha value is -0.230. The van der Waals surface area contributed by atoms with E-state index in [-0.39, 0.29) is 0 Å². The Kier molecular flexibility index (Phi) is 9.40. The molecule has 1 rings (SSSR count). The second kappa shape index (κ2) is 10.5. The van der Waals surface area contributed by atoms with E-state index in [1.54, 1.807) is 0 Å². The van der Waals surface area contributed by atoms with Gasteiger partial charge in [0.15, 0.2) is 0 Å². The summed E-state index contributed by atoms with van der Waals surface area (Å²) in [6, 6.07) is 2.55. The van der Waals surface area contributed by atoms with Gasteiger partial charge in [0.1, 0.15) is 0 Å². The van der Waals surface area contributed by atoms with E-state index in [1.165, 1.54) is 56.4 Å². The van der Waals surface area contributed by atoms with Crippen LogP contribution in [0.25, 0.3) is 0 Å². The first-order chi connectivity index (χ1) is 10.0. The summed E-state index contributed by atoms with van der Waals surface area (Å²) in [7, 11) is 0. The van der Waals surface area contributed by atoms with E-state index in [2.05, 4.69) is 20.9 Å². The molecule has 0 saturated carbocycles. The van der Waals surface area contributed by atoms with Crippen LogP contribution >= 0.6 is 27.7 Å². The molecule has 0 bridgehead atoms. The van der Waals surface area contributed by atoms with Gasteiger partial charge in [-0.1, -0.05) is 48.0 Å². The molecular weight excluding hydrogens is 363 g/mol. The summed E-state index contributed by atoms with van der Waals surface area (Å²) < 4.78 is 37.1. The first-order valence-electron chi connectivity index (χ1n) is 7.26. The van der Waals surface area contributed by atoms with Gasteiger partial charge < -0.3 is 0 Å². The molecule has 0 aromatic carbocycles. The fraction of sp³-hybridized carbons (Fsp3) is 0.667. The lowest BCUT2D eigenvalue weighted by Crippen LogP contribution is -2.05. The van der Waals surface area contributed by atoms with Crippen LogP contribution in [-0.4, -0.2) is 16.1 Å². The number of halogens is 4. The molecule has 0 saturated heterocycles. The minimum atomic E-state index is -4.30. The van der Waals surface area contributed by atoms with Crippen molar-refractivity contribution in [2.24, 2.45) is 0 Å². The molecule has 0 amide bonds. The average Bonchev–Trinajstić information content (AvgIpc) is 2.45. The molecule has 1 nitrogen and oxygen atoms in total. The number of alkyl halides is 4. The summed E-state index contributed by atoms with van der Waals surface area (Å²) >= 11 is 4.95. The van der Waals surface area contributed by atoms with Gasteiger partial charge in [-0.05, 0) is 30.7 Å². The molecule has 0 aliphatic carbocycles. The SMILES string of the molecule is FC(F)(F)c1ccc(SCCCCCCCCCBr)nc1. The molecule has 1 aromatic rings. The number of unbranched alkanes of at least 4 members (excludes halogenated alkanes) is 6. The molecule has 0 spiro atoms. The normalized spacial score (nSPS) is 11.8. The van der Waals surface area contributed by atoms with E-state index < -0.39 is 11.7 Å². The summed E-state index contributed by atoms with van der Waals surface area (Å²) in [5, 5.41) is 1.75. The number of aromatic nitrogens is 1. The van der Waals surface area contributed by atoms with Crippen molar-refractivity contribution in [3.63, 3.8) is 0 Å². The summed E-state index contributed by atoms with van der Waals surface area (Å²) in [4.78, 5) is 3.85. The number of hydrogen-bond donors (Lipinski definition) is 0. The maximum atomic E-state index is 12.4. The van der Waals surface area contributed by atoms with Crippen molar-refractivity contribution in [3.05, 3.63) is 23.9 Å². The standard InChI is InChI=1S/C15H21BrF3NS/c16-10-6-4-2-1-3-5-7-11-21-14-9-8-13(12-20-14)15(17,18)19/h8-9,12H,1-7,10-11H2. The van der Waals surface area contributed by atoms with E-state index in [0.29, 0.717) is 5.03 Å². The maximum Gasteiger partial charge on any atom is 0.417 e. The third-order valence-electron chi connectivity index (χ3n) is 3.09. The topological polar surface area (TPSA) is 12.9 Å². The lowest BCUT2D eigenvalue weighted by molar-refractivity contribution is -0.137. The smallest absolute Gasteiger partial charge is 0.249 e. The fourth-order valence-corrected chi connectivity index (χ4v) is 3.14. The van der Waals surface area contributed by atoms with Gasteiger partial charge in [-0.25, -0.2) is 4.98 Å². The van der Waals surface area contributed by atoms with Crippen molar-refractivity contribution in [2.45, 2.75) is 56.1 Å². The summed E-state index contributed by atoms with van der Waals surface area (Å²) in [5.74, 6) is 0.916. The molecular formula is C15H21BrF3NS. The minimum Gasteiger partial charge on any atom is -0.249 e. The van der Waals surface area contributed by atoms with Crippen LogP contribution < -0.4 is 0 Å². The molecule has 0 aliphatic rings. The lowest BCUT2D eigenvalue weighted by Gasteiger charge is -2.06. The van der Waals surface area contributed by atoms with Crippen molar-refractivity contribution in [1.29, 1.82) is 0 Å². The first kappa shape index (κ1) is 18.8. The van der Waals surface area contributed by atoms with E-state index in [1.807, 2.05) is 0 Å². The number of pyridine rings is 1. The van der Waals surface area contributed by atoms with Gasteiger partial charge in [-0.3, -0.25) is 0 Å². The molecule has 0 unspecified atom stereocenters. The predicted molar refractivity (Wildman–Crippen MR) is 86.1 cm³/mol. The molecule has 0 N–H and O–H groups in total. The Labute approximate surface area is 137 Å². The van der Waals surface area contributed by atoms with Crippen LogP contribution in [-0.2, 0) is 6.18 Å². The van der Waals surface area contributed by atoms with Crippen LogP contribution in [0.5, 0.6) is 0 Å². The van der Waals surface area contributed by atoms with Gasteiger partial charge in [0.2, 0.25) is 0 Å². The van der Waals surface area contributed by atoms with Crippen LogP contribution in [0.2, 0.25) is 0 Å². The van der Waals surface area contributed by atoms with Crippen molar-refractivity contribution in [3.8, 4) is 0 Å². The summed E-state index contributed by atoms with van der Waals surface area (Å²) in [6.07, 6.45) is 5.22. The highest BCUT2D eigenvalue weighted by Gasteiger charge is 2.30. The van der Waals surface area contributed by atoms with E-state index in [4.69, 9.17) is 0 Å². The predicted octanol–water partition coefficient (Wildman–Crippen LogP) is 6.32. The van der Waals surface area contributed by atoms with Crippen LogP contribution in [0.4, 0.5) is 13.2 Å². The zero-order valence-electron chi connectivity index (χ0n) is 12.0. The van der Waals surface area contributed by atoms with Crippen LogP contribution in [0.3, 0.4) is 0 Å². The molecule has 0 radical (unpaired) electrons. The van der Waals surface area contributed by atoms with Crippen molar-refractivity contribution in [2.75, 3.05) is 11.1 Å². The third kappa shape index (κ3) is 8.71. The van der Waals surface area contributed by atoms with Crippen LogP contribution in [0, 0.1) is 0 Å². The summed E-state index contributed by atoms with van der Waals surface area (Å²) in [5.41, 5.74) is -0.685. The monoisotopic (exact) mass is 383 g/mol.